The molecule has 4 rings (SSSR count). The number of sulfone groups is 1. The summed E-state index contributed by atoms with van der Waals surface area (Å²) >= 11 is 0. The molecule has 2 aromatic rings. The van der Waals surface area contributed by atoms with Gasteiger partial charge >= 0.3 is 6.36 Å². The first-order valence-corrected chi connectivity index (χ1v) is 12.9. The maximum absolute atomic E-state index is 13.1. The Morgan fingerprint density at radius 1 is 1.00 bits per heavy atom. The van der Waals surface area contributed by atoms with Crippen LogP contribution in [-0.2, 0) is 24.1 Å². The topological polar surface area (TPSA) is 115 Å². The molecule has 1 unspecified atom stereocenters. The zero-order chi connectivity index (χ0) is 26.7. The molecule has 0 aliphatic carbocycles. The number of carbonyl (C=O) groups is 1. The highest BCUT2D eigenvalue weighted by Gasteiger charge is 2.42. The zero-order valence-corrected chi connectivity index (χ0v) is 20.3. The van der Waals surface area contributed by atoms with E-state index in [2.05, 4.69) is 4.74 Å². The Morgan fingerprint density at radius 3 is 2.03 bits per heavy atom. The maximum atomic E-state index is 13.1. The number of likely N-dealkylation sites (tertiary alicyclic amines) is 1. The second-order valence-corrected chi connectivity index (χ2v) is 10.5. The van der Waals surface area contributed by atoms with Crippen LogP contribution in [0.2, 0.25) is 0 Å². The SMILES string of the molecule is O=CN(O)C(CS(=O)(=O)c1ccc(Oc2ccc(OC(F)(F)F)cc2)cc1)N1CCC2(CC1)OCCO2. The largest absolute Gasteiger partial charge is 0.573 e. The van der Waals surface area contributed by atoms with Gasteiger partial charge in [0.05, 0.1) is 23.9 Å². The smallest absolute Gasteiger partial charge is 0.457 e. The predicted octanol–water partition coefficient (Wildman–Crippen LogP) is 3.16. The van der Waals surface area contributed by atoms with E-state index in [-0.39, 0.29) is 22.8 Å². The van der Waals surface area contributed by atoms with Crippen LogP contribution in [0.25, 0.3) is 0 Å². The van der Waals surface area contributed by atoms with Crippen molar-refractivity contribution in [1.82, 2.24) is 9.96 Å². The lowest BCUT2D eigenvalue weighted by Gasteiger charge is -2.42. The first-order valence-electron chi connectivity index (χ1n) is 11.3. The Bertz CT molecular complexity index is 1160. The fourth-order valence-electron chi connectivity index (χ4n) is 4.22. The van der Waals surface area contributed by atoms with Gasteiger partial charge in [-0.2, -0.15) is 0 Å². The van der Waals surface area contributed by atoms with Crippen LogP contribution >= 0.6 is 0 Å². The standard InChI is InChI=1S/C23H25F3N2O8S/c24-23(25,26)36-19-3-1-17(2-4-19)35-18-5-7-20(8-6-18)37(31,32)15-21(28(30)16-29)27-11-9-22(10-12-27)33-13-14-34-22/h1-8,16,21,30H,9-15H2. The lowest BCUT2D eigenvalue weighted by atomic mass is 10.0. The minimum absolute atomic E-state index is 0.0611. The van der Waals surface area contributed by atoms with E-state index in [9.17, 15) is 31.6 Å². The molecule has 2 aliphatic heterocycles. The number of alkyl halides is 3. The van der Waals surface area contributed by atoms with Crippen LogP contribution in [0.4, 0.5) is 13.2 Å². The number of carbonyl (C=O) groups excluding carboxylic acids is 1. The summed E-state index contributed by atoms with van der Waals surface area (Å²) in [5.74, 6) is -1.21. The van der Waals surface area contributed by atoms with Crippen LogP contribution in [0, 0.1) is 0 Å². The van der Waals surface area contributed by atoms with Crippen molar-refractivity contribution in [3.63, 3.8) is 0 Å². The van der Waals surface area contributed by atoms with Crippen molar-refractivity contribution in [2.24, 2.45) is 0 Å². The molecule has 37 heavy (non-hydrogen) atoms. The average Bonchev–Trinajstić information content (AvgIpc) is 3.31. The van der Waals surface area contributed by atoms with Gasteiger partial charge in [-0.1, -0.05) is 0 Å². The normalized spacial score (nSPS) is 18.9. The van der Waals surface area contributed by atoms with Crippen molar-refractivity contribution >= 4 is 16.2 Å². The lowest BCUT2D eigenvalue weighted by Crippen LogP contribution is -2.56. The van der Waals surface area contributed by atoms with Gasteiger partial charge in [-0.15, -0.1) is 13.2 Å². The number of piperidine rings is 1. The molecule has 1 amide bonds. The summed E-state index contributed by atoms with van der Waals surface area (Å²) in [7, 11) is -3.95. The predicted molar refractivity (Wildman–Crippen MR) is 121 cm³/mol. The van der Waals surface area contributed by atoms with E-state index in [4.69, 9.17) is 14.2 Å². The van der Waals surface area contributed by atoms with Gasteiger partial charge in [0.25, 0.3) is 0 Å². The molecular weight excluding hydrogens is 521 g/mol. The molecule has 1 atom stereocenters. The quantitative estimate of drug-likeness (QED) is 0.288. The molecule has 10 nitrogen and oxygen atoms in total. The summed E-state index contributed by atoms with van der Waals surface area (Å²) in [6, 6.07) is 10.1. The molecule has 2 heterocycles. The van der Waals surface area contributed by atoms with Crippen LogP contribution in [0.15, 0.2) is 53.4 Å². The molecule has 1 N–H and O–H groups in total. The third kappa shape index (κ3) is 6.90. The fraction of sp³-hybridized carbons (Fsp3) is 0.435. The van der Waals surface area contributed by atoms with Crippen LogP contribution < -0.4 is 9.47 Å². The molecule has 2 fully saturated rings. The Hall–Kier alpha value is -2.91. The minimum Gasteiger partial charge on any atom is -0.457 e. The third-order valence-corrected chi connectivity index (χ3v) is 7.78. The molecule has 0 aromatic heterocycles. The van der Waals surface area contributed by atoms with E-state index < -0.39 is 39.7 Å². The molecule has 14 heteroatoms. The van der Waals surface area contributed by atoms with Gasteiger partial charge in [0, 0.05) is 25.9 Å². The maximum Gasteiger partial charge on any atom is 0.573 e. The van der Waals surface area contributed by atoms with Crippen molar-refractivity contribution in [3.8, 4) is 17.2 Å². The number of rotatable bonds is 9. The van der Waals surface area contributed by atoms with E-state index in [1.54, 1.807) is 4.90 Å². The molecule has 0 radical (unpaired) electrons. The summed E-state index contributed by atoms with van der Waals surface area (Å²) in [6.45, 7) is 1.67. The summed E-state index contributed by atoms with van der Waals surface area (Å²) in [5, 5.41) is 10.5. The average molecular weight is 547 g/mol. The van der Waals surface area contributed by atoms with Crippen LogP contribution in [0.3, 0.4) is 0 Å². The Kier molecular flexibility index (Phi) is 7.94. The Labute approximate surface area is 210 Å². The number of hydrogen-bond donors (Lipinski definition) is 1. The Balaban J connectivity index is 1.40. The van der Waals surface area contributed by atoms with Gasteiger partial charge in [-0.05, 0) is 48.5 Å². The third-order valence-electron chi connectivity index (χ3n) is 6.05. The summed E-state index contributed by atoms with van der Waals surface area (Å²) < 4.78 is 83.8. The van der Waals surface area contributed by atoms with Crippen molar-refractivity contribution in [2.45, 2.75) is 36.1 Å². The molecule has 202 valence electrons. The summed E-state index contributed by atoms with van der Waals surface area (Å²) in [6.07, 6.45) is -4.84. The second kappa shape index (κ2) is 10.8. The van der Waals surface area contributed by atoms with Crippen molar-refractivity contribution in [3.05, 3.63) is 48.5 Å². The van der Waals surface area contributed by atoms with Gasteiger partial charge in [-0.25, -0.2) is 13.5 Å². The van der Waals surface area contributed by atoms with E-state index in [1.807, 2.05) is 0 Å². The lowest BCUT2D eigenvalue weighted by molar-refractivity contribution is -0.274. The van der Waals surface area contributed by atoms with Crippen LogP contribution in [0.5, 0.6) is 17.2 Å². The first-order chi connectivity index (χ1) is 17.5. The molecule has 2 aliphatic rings. The molecule has 2 aromatic carbocycles. The van der Waals surface area contributed by atoms with Crippen molar-refractivity contribution in [1.29, 1.82) is 0 Å². The van der Waals surface area contributed by atoms with Gasteiger partial charge < -0.3 is 18.9 Å². The number of hydroxylamine groups is 2. The van der Waals surface area contributed by atoms with Gasteiger partial charge in [-0.3, -0.25) is 14.9 Å². The second-order valence-electron chi connectivity index (χ2n) is 8.48. The molecule has 0 saturated carbocycles. The molecule has 0 bridgehead atoms. The highest BCUT2D eigenvalue weighted by Crippen LogP contribution is 2.33. The van der Waals surface area contributed by atoms with E-state index in [0.29, 0.717) is 44.2 Å². The van der Waals surface area contributed by atoms with Crippen molar-refractivity contribution in [2.75, 3.05) is 32.1 Å². The van der Waals surface area contributed by atoms with Crippen LogP contribution in [-0.4, -0.2) is 80.4 Å². The summed E-state index contributed by atoms with van der Waals surface area (Å²) in [5.41, 5.74) is 0. The van der Waals surface area contributed by atoms with Crippen molar-refractivity contribution < 1.29 is 50.5 Å². The molecule has 1 spiro atoms. The van der Waals surface area contributed by atoms with E-state index >= 15 is 0 Å². The van der Waals surface area contributed by atoms with Gasteiger partial charge in [0.1, 0.15) is 23.4 Å². The Morgan fingerprint density at radius 2 is 1.51 bits per heavy atom. The zero-order valence-electron chi connectivity index (χ0n) is 19.5. The number of benzene rings is 2. The summed E-state index contributed by atoms with van der Waals surface area (Å²) in [4.78, 5) is 12.9. The highest BCUT2D eigenvalue weighted by molar-refractivity contribution is 7.91. The van der Waals surface area contributed by atoms with E-state index in [1.165, 1.54) is 36.4 Å². The van der Waals surface area contributed by atoms with Gasteiger partial charge in [0.2, 0.25) is 6.41 Å². The number of hydrogen-bond acceptors (Lipinski definition) is 9. The van der Waals surface area contributed by atoms with E-state index in [0.717, 1.165) is 12.1 Å². The fourth-order valence-corrected chi connectivity index (χ4v) is 5.72. The highest BCUT2D eigenvalue weighted by atomic mass is 32.2. The molecular formula is C23H25F3N2O8S. The number of nitrogens with zero attached hydrogens (tertiary/aromatic N) is 2. The van der Waals surface area contributed by atoms with Crippen LogP contribution in [0.1, 0.15) is 12.8 Å². The molecule has 2 saturated heterocycles. The van der Waals surface area contributed by atoms with Gasteiger partial charge in [0.15, 0.2) is 15.6 Å². The minimum atomic E-state index is -4.81. The monoisotopic (exact) mass is 546 g/mol. The number of halogens is 3. The first kappa shape index (κ1) is 27.1. The number of ether oxygens (including phenoxy) is 4. The number of amides is 1.